The van der Waals surface area contributed by atoms with Gasteiger partial charge >= 0.3 is 0 Å². The van der Waals surface area contributed by atoms with E-state index in [-0.39, 0.29) is 27.9 Å². The van der Waals surface area contributed by atoms with Gasteiger partial charge in [0.05, 0.1) is 9.85 Å². The molecule has 2 aromatic carbocycles. The van der Waals surface area contributed by atoms with Gasteiger partial charge in [0.15, 0.2) is 0 Å². The minimum absolute atomic E-state index is 0.0319. The van der Waals surface area contributed by atoms with Crippen molar-refractivity contribution >= 4 is 40.5 Å². The molecule has 0 saturated heterocycles. The molecule has 0 bridgehead atoms. The van der Waals surface area contributed by atoms with Gasteiger partial charge in [0.1, 0.15) is 11.1 Å². The van der Waals surface area contributed by atoms with Crippen LogP contribution in [0, 0.1) is 33.1 Å². The fourth-order valence-corrected chi connectivity index (χ4v) is 2.84. The van der Waals surface area contributed by atoms with Crippen LogP contribution in [0.1, 0.15) is 29.8 Å². The molecule has 1 atom stereocenters. The third-order valence-corrected chi connectivity index (χ3v) is 4.63. The molecular formula is C19H19ClN4O6. The molecule has 0 saturated carbocycles. The first-order chi connectivity index (χ1) is 14.0. The molecule has 2 N–H and O–H groups in total. The van der Waals surface area contributed by atoms with Crippen LogP contribution in [0.25, 0.3) is 0 Å². The minimum atomic E-state index is -0.993. The highest BCUT2D eigenvalue weighted by atomic mass is 35.5. The first-order valence-electron chi connectivity index (χ1n) is 8.82. The van der Waals surface area contributed by atoms with Gasteiger partial charge in [-0.05, 0) is 31.0 Å². The van der Waals surface area contributed by atoms with Gasteiger partial charge in [0, 0.05) is 28.9 Å². The molecule has 10 nitrogen and oxygen atoms in total. The summed E-state index contributed by atoms with van der Waals surface area (Å²) in [5.41, 5.74) is 0.0409. The zero-order valence-corrected chi connectivity index (χ0v) is 17.1. The van der Waals surface area contributed by atoms with Crippen LogP contribution in [0.5, 0.6) is 0 Å². The van der Waals surface area contributed by atoms with Crippen molar-refractivity contribution in [1.82, 2.24) is 5.32 Å². The Morgan fingerprint density at radius 3 is 2.20 bits per heavy atom. The molecule has 2 aromatic rings. The second-order valence-corrected chi connectivity index (χ2v) is 7.27. The first-order valence-corrected chi connectivity index (χ1v) is 9.19. The van der Waals surface area contributed by atoms with Crippen molar-refractivity contribution in [2.24, 2.45) is 5.92 Å². The van der Waals surface area contributed by atoms with Crippen LogP contribution in [0.15, 0.2) is 36.4 Å². The number of rotatable bonds is 7. The molecule has 0 fully saturated rings. The number of nitrogens with one attached hydrogen (secondary N) is 2. The lowest BCUT2D eigenvalue weighted by Gasteiger charge is -2.22. The Labute approximate surface area is 176 Å². The summed E-state index contributed by atoms with van der Waals surface area (Å²) < 4.78 is 0. The van der Waals surface area contributed by atoms with Gasteiger partial charge in [-0.1, -0.05) is 31.5 Å². The van der Waals surface area contributed by atoms with E-state index >= 15 is 0 Å². The molecule has 2 amide bonds. The molecule has 0 aliphatic carbocycles. The highest BCUT2D eigenvalue weighted by Gasteiger charge is 2.26. The number of carbonyl (C=O) groups is 2. The third kappa shape index (κ3) is 5.29. The third-order valence-electron chi connectivity index (χ3n) is 4.31. The van der Waals surface area contributed by atoms with Crippen LogP contribution >= 0.6 is 11.6 Å². The second-order valence-electron chi connectivity index (χ2n) is 6.87. The lowest BCUT2D eigenvalue weighted by molar-refractivity contribution is -0.385. The number of hydrogen-bond acceptors (Lipinski definition) is 6. The van der Waals surface area contributed by atoms with Crippen molar-refractivity contribution in [3.05, 3.63) is 72.8 Å². The Kier molecular flexibility index (Phi) is 7.06. The molecule has 0 heterocycles. The van der Waals surface area contributed by atoms with Crippen molar-refractivity contribution < 1.29 is 19.4 Å². The number of nitro groups is 2. The summed E-state index contributed by atoms with van der Waals surface area (Å²) in [6.07, 6.45) is 0. The van der Waals surface area contributed by atoms with E-state index in [1.807, 2.05) is 0 Å². The summed E-state index contributed by atoms with van der Waals surface area (Å²) in [7, 11) is 0. The molecule has 0 aromatic heterocycles. The minimum Gasteiger partial charge on any atom is -0.340 e. The molecule has 158 valence electrons. The largest absolute Gasteiger partial charge is 0.340 e. The standard InChI is InChI=1S/C19H19ClN4O6/c1-10(2)17(19(26)21-13-6-4-11(3)15(9-13)23(27)28)22-18(25)12-5-7-14(20)16(8-12)24(29)30/h4-10,17H,1-3H3,(H,21,26)(H,22,25)/t17-/m0/s1. The van der Waals surface area contributed by atoms with Crippen LogP contribution < -0.4 is 10.6 Å². The highest BCUT2D eigenvalue weighted by molar-refractivity contribution is 6.32. The smallest absolute Gasteiger partial charge is 0.288 e. The fourth-order valence-electron chi connectivity index (χ4n) is 2.66. The molecule has 0 radical (unpaired) electrons. The number of benzene rings is 2. The number of aryl methyl sites for hydroxylation is 1. The van der Waals surface area contributed by atoms with E-state index in [9.17, 15) is 29.8 Å². The molecular weight excluding hydrogens is 416 g/mol. The van der Waals surface area contributed by atoms with Crippen LogP contribution in [-0.2, 0) is 4.79 Å². The highest BCUT2D eigenvalue weighted by Crippen LogP contribution is 2.25. The van der Waals surface area contributed by atoms with Gasteiger partial charge in [-0.15, -0.1) is 0 Å². The summed E-state index contributed by atoms with van der Waals surface area (Å²) in [5.74, 6) is -1.62. The number of hydrogen-bond donors (Lipinski definition) is 2. The predicted molar refractivity (Wildman–Crippen MR) is 111 cm³/mol. The Morgan fingerprint density at radius 2 is 1.63 bits per heavy atom. The van der Waals surface area contributed by atoms with E-state index in [0.29, 0.717) is 5.56 Å². The molecule has 2 rings (SSSR count). The molecule has 0 spiro atoms. The Morgan fingerprint density at radius 1 is 1.00 bits per heavy atom. The number of anilines is 1. The number of carbonyl (C=O) groups excluding carboxylic acids is 2. The van der Waals surface area contributed by atoms with E-state index in [1.54, 1.807) is 20.8 Å². The van der Waals surface area contributed by atoms with E-state index < -0.39 is 33.4 Å². The van der Waals surface area contributed by atoms with Crippen molar-refractivity contribution in [3.8, 4) is 0 Å². The van der Waals surface area contributed by atoms with Gasteiger partial charge in [0.2, 0.25) is 5.91 Å². The molecule has 11 heteroatoms. The lowest BCUT2D eigenvalue weighted by atomic mass is 10.0. The molecule has 30 heavy (non-hydrogen) atoms. The van der Waals surface area contributed by atoms with Crippen molar-refractivity contribution in [1.29, 1.82) is 0 Å². The average Bonchev–Trinajstić information content (AvgIpc) is 2.66. The normalized spacial score (nSPS) is 11.6. The van der Waals surface area contributed by atoms with E-state index in [0.717, 1.165) is 6.07 Å². The van der Waals surface area contributed by atoms with E-state index in [4.69, 9.17) is 11.6 Å². The van der Waals surface area contributed by atoms with Crippen molar-refractivity contribution in [2.45, 2.75) is 26.8 Å². The van der Waals surface area contributed by atoms with Crippen molar-refractivity contribution in [2.75, 3.05) is 5.32 Å². The topological polar surface area (TPSA) is 144 Å². The number of nitrogens with zero attached hydrogens (tertiary/aromatic N) is 2. The summed E-state index contributed by atoms with van der Waals surface area (Å²) >= 11 is 5.75. The first kappa shape index (κ1) is 22.8. The predicted octanol–water partition coefficient (Wildman–Crippen LogP) is 3.86. The quantitative estimate of drug-likeness (QED) is 0.500. The van der Waals surface area contributed by atoms with Crippen molar-refractivity contribution in [3.63, 3.8) is 0 Å². The maximum atomic E-state index is 12.7. The maximum absolute atomic E-state index is 12.7. The average molecular weight is 435 g/mol. The Hall–Kier alpha value is -3.53. The SMILES string of the molecule is Cc1ccc(NC(=O)[C@@H](NC(=O)c2ccc(Cl)c([N+](=O)[O-])c2)C(C)C)cc1[N+](=O)[O-]. The van der Waals surface area contributed by atoms with Gasteiger partial charge in [0.25, 0.3) is 17.3 Å². The van der Waals surface area contributed by atoms with Gasteiger partial charge in [-0.25, -0.2) is 0 Å². The molecule has 0 unspecified atom stereocenters. The monoisotopic (exact) mass is 434 g/mol. The molecule has 0 aliphatic heterocycles. The Balaban J connectivity index is 2.22. The summed E-state index contributed by atoms with van der Waals surface area (Å²) in [6, 6.07) is 6.82. The van der Waals surface area contributed by atoms with Crippen LogP contribution in [0.2, 0.25) is 5.02 Å². The summed E-state index contributed by atoms with van der Waals surface area (Å²) in [4.78, 5) is 46.1. The van der Waals surface area contributed by atoms with Gasteiger partial charge < -0.3 is 10.6 Å². The fraction of sp³-hybridized carbons (Fsp3) is 0.263. The van der Waals surface area contributed by atoms with E-state index in [1.165, 1.54) is 30.3 Å². The Bertz CT molecular complexity index is 1020. The van der Waals surface area contributed by atoms with E-state index in [2.05, 4.69) is 10.6 Å². The number of halogens is 1. The number of nitro benzene ring substituents is 2. The summed E-state index contributed by atoms with van der Waals surface area (Å²) in [5, 5.41) is 27.1. The van der Waals surface area contributed by atoms with Crippen LogP contribution in [0.4, 0.5) is 17.1 Å². The zero-order valence-electron chi connectivity index (χ0n) is 16.3. The number of amides is 2. The summed E-state index contributed by atoms with van der Waals surface area (Å²) in [6.45, 7) is 4.98. The van der Waals surface area contributed by atoms with Gasteiger partial charge in [-0.3, -0.25) is 29.8 Å². The lowest BCUT2D eigenvalue weighted by Crippen LogP contribution is -2.47. The zero-order chi connectivity index (χ0) is 22.6. The van der Waals surface area contributed by atoms with Gasteiger partial charge in [-0.2, -0.15) is 0 Å². The second kappa shape index (κ2) is 9.31. The van der Waals surface area contributed by atoms with Crippen LogP contribution in [-0.4, -0.2) is 27.7 Å². The van der Waals surface area contributed by atoms with Crippen LogP contribution in [0.3, 0.4) is 0 Å². The molecule has 0 aliphatic rings. The maximum Gasteiger partial charge on any atom is 0.288 e.